The SMILES string of the molecule is CNC(CSc1ncccn1)c1ccccc1C. The summed E-state index contributed by atoms with van der Waals surface area (Å²) >= 11 is 1.67. The van der Waals surface area contributed by atoms with Gasteiger partial charge < -0.3 is 5.32 Å². The van der Waals surface area contributed by atoms with Crippen LogP contribution in [0.15, 0.2) is 47.9 Å². The zero-order valence-electron chi connectivity index (χ0n) is 10.6. The zero-order chi connectivity index (χ0) is 12.8. The Morgan fingerprint density at radius 2 is 1.89 bits per heavy atom. The molecule has 0 spiro atoms. The van der Waals surface area contributed by atoms with Gasteiger partial charge in [-0.25, -0.2) is 9.97 Å². The summed E-state index contributed by atoms with van der Waals surface area (Å²) in [6, 6.07) is 10.6. The summed E-state index contributed by atoms with van der Waals surface area (Å²) in [4.78, 5) is 8.45. The molecule has 0 radical (unpaired) electrons. The van der Waals surface area contributed by atoms with E-state index >= 15 is 0 Å². The predicted molar refractivity (Wildman–Crippen MR) is 75.7 cm³/mol. The molecule has 1 aromatic heterocycles. The van der Waals surface area contributed by atoms with Crippen LogP contribution in [0, 0.1) is 6.92 Å². The molecular formula is C14H17N3S. The lowest BCUT2D eigenvalue weighted by Crippen LogP contribution is -2.19. The van der Waals surface area contributed by atoms with E-state index in [9.17, 15) is 0 Å². The lowest BCUT2D eigenvalue weighted by atomic mass is 10.0. The van der Waals surface area contributed by atoms with Crippen LogP contribution in [-0.4, -0.2) is 22.8 Å². The highest BCUT2D eigenvalue weighted by Crippen LogP contribution is 2.23. The van der Waals surface area contributed by atoms with Gasteiger partial charge in [0.1, 0.15) is 0 Å². The molecule has 1 unspecified atom stereocenters. The second kappa shape index (κ2) is 6.52. The molecule has 0 saturated heterocycles. The lowest BCUT2D eigenvalue weighted by Gasteiger charge is -2.17. The van der Waals surface area contributed by atoms with Crippen LogP contribution in [0.2, 0.25) is 0 Å². The molecule has 0 bridgehead atoms. The molecular weight excluding hydrogens is 242 g/mol. The van der Waals surface area contributed by atoms with E-state index in [1.807, 2.05) is 13.1 Å². The van der Waals surface area contributed by atoms with Gasteiger partial charge >= 0.3 is 0 Å². The van der Waals surface area contributed by atoms with E-state index in [0.717, 1.165) is 10.9 Å². The maximum atomic E-state index is 4.23. The Hall–Kier alpha value is -1.39. The van der Waals surface area contributed by atoms with Crippen molar-refractivity contribution in [2.45, 2.75) is 18.1 Å². The number of aromatic nitrogens is 2. The van der Waals surface area contributed by atoms with Crippen LogP contribution in [0.4, 0.5) is 0 Å². The molecule has 1 heterocycles. The molecule has 0 amide bonds. The highest BCUT2D eigenvalue weighted by Gasteiger charge is 2.12. The largest absolute Gasteiger partial charge is 0.312 e. The minimum atomic E-state index is 0.319. The van der Waals surface area contributed by atoms with Gasteiger partial charge in [-0.2, -0.15) is 0 Å². The second-order valence-electron chi connectivity index (χ2n) is 4.04. The summed E-state index contributed by atoms with van der Waals surface area (Å²) in [6.07, 6.45) is 3.55. The number of nitrogens with zero attached hydrogens (tertiary/aromatic N) is 2. The van der Waals surface area contributed by atoms with Crippen molar-refractivity contribution in [3.8, 4) is 0 Å². The minimum Gasteiger partial charge on any atom is -0.312 e. The quantitative estimate of drug-likeness (QED) is 0.662. The maximum absolute atomic E-state index is 4.23. The fourth-order valence-electron chi connectivity index (χ4n) is 1.82. The van der Waals surface area contributed by atoms with Crippen molar-refractivity contribution in [3.63, 3.8) is 0 Å². The molecule has 0 aliphatic carbocycles. The third-order valence-corrected chi connectivity index (χ3v) is 3.80. The Balaban J connectivity index is 2.04. The molecule has 2 aromatic rings. The van der Waals surface area contributed by atoms with E-state index in [1.165, 1.54) is 11.1 Å². The molecule has 2 rings (SSSR count). The summed E-state index contributed by atoms with van der Waals surface area (Å²) in [6.45, 7) is 2.14. The first-order valence-electron chi connectivity index (χ1n) is 5.94. The second-order valence-corrected chi connectivity index (χ2v) is 5.03. The van der Waals surface area contributed by atoms with Crippen LogP contribution < -0.4 is 5.32 Å². The van der Waals surface area contributed by atoms with Gasteiger partial charge in [0, 0.05) is 24.2 Å². The van der Waals surface area contributed by atoms with Crippen LogP contribution in [0.1, 0.15) is 17.2 Å². The maximum Gasteiger partial charge on any atom is 0.187 e. The van der Waals surface area contributed by atoms with E-state index in [0.29, 0.717) is 6.04 Å². The Morgan fingerprint density at radius 1 is 1.17 bits per heavy atom. The van der Waals surface area contributed by atoms with Crippen molar-refractivity contribution >= 4 is 11.8 Å². The van der Waals surface area contributed by atoms with Crippen LogP contribution >= 0.6 is 11.8 Å². The lowest BCUT2D eigenvalue weighted by molar-refractivity contribution is 0.657. The van der Waals surface area contributed by atoms with E-state index in [2.05, 4.69) is 46.5 Å². The summed E-state index contributed by atoms with van der Waals surface area (Å²) in [5.41, 5.74) is 2.65. The van der Waals surface area contributed by atoms with Crippen molar-refractivity contribution in [1.82, 2.24) is 15.3 Å². The predicted octanol–water partition coefficient (Wildman–Crippen LogP) is 2.84. The van der Waals surface area contributed by atoms with Gasteiger partial charge in [0.25, 0.3) is 0 Å². The van der Waals surface area contributed by atoms with Gasteiger partial charge in [0.15, 0.2) is 5.16 Å². The Morgan fingerprint density at radius 3 is 2.56 bits per heavy atom. The van der Waals surface area contributed by atoms with Gasteiger partial charge in [-0.3, -0.25) is 0 Å². The first kappa shape index (κ1) is 13.1. The molecule has 18 heavy (non-hydrogen) atoms. The molecule has 1 atom stereocenters. The first-order valence-corrected chi connectivity index (χ1v) is 6.92. The van der Waals surface area contributed by atoms with Crippen molar-refractivity contribution in [2.24, 2.45) is 0 Å². The standard InChI is InChI=1S/C14H17N3S/c1-11-6-3-4-7-12(11)13(15-2)10-18-14-16-8-5-9-17-14/h3-9,13,15H,10H2,1-2H3. The number of thioether (sulfide) groups is 1. The van der Waals surface area contributed by atoms with Crippen LogP contribution in [-0.2, 0) is 0 Å². The fraction of sp³-hybridized carbons (Fsp3) is 0.286. The van der Waals surface area contributed by atoms with Gasteiger partial charge in [0.05, 0.1) is 0 Å². The Kier molecular flexibility index (Phi) is 4.73. The highest BCUT2D eigenvalue weighted by atomic mass is 32.2. The number of rotatable bonds is 5. The average molecular weight is 259 g/mol. The molecule has 0 aliphatic heterocycles. The van der Waals surface area contributed by atoms with Gasteiger partial charge in [-0.1, -0.05) is 36.0 Å². The molecule has 3 nitrogen and oxygen atoms in total. The van der Waals surface area contributed by atoms with E-state index in [4.69, 9.17) is 0 Å². The Bertz CT molecular complexity index is 487. The molecule has 94 valence electrons. The van der Waals surface area contributed by atoms with Crippen molar-refractivity contribution in [3.05, 3.63) is 53.9 Å². The third kappa shape index (κ3) is 3.31. The molecule has 0 fully saturated rings. The number of nitrogens with one attached hydrogen (secondary N) is 1. The minimum absolute atomic E-state index is 0.319. The average Bonchev–Trinajstić information content (AvgIpc) is 2.42. The molecule has 0 aliphatic rings. The normalized spacial score (nSPS) is 12.3. The van der Waals surface area contributed by atoms with Gasteiger partial charge in [0.2, 0.25) is 0 Å². The highest BCUT2D eigenvalue weighted by molar-refractivity contribution is 7.99. The zero-order valence-corrected chi connectivity index (χ0v) is 11.4. The number of hydrogen-bond acceptors (Lipinski definition) is 4. The number of benzene rings is 1. The van der Waals surface area contributed by atoms with Crippen LogP contribution in [0.3, 0.4) is 0 Å². The van der Waals surface area contributed by atoms with Crippen LogP contribution in [0.5, 0.6) is 0 Å². The summed E-state index contributed by atoms with van der Waals surface area (Å²) < 4.78 is 0. The molecule has 4 heteroatoms. The molecule has 1 N–H and O–H groups in total. The monoisotopic (exact) mass is 259 g/mol. The van der Waals surface area contributed by atoms with E-state index in [1.54, 1.807) is 24.2 Å². The summed E-state index contributed by atoms with van der Waals surface area (Å²) in [5, 5.41) is 4.18. The first-order chi connectivity index (χ1) is 8.81. The fourth-order valence-corrected chi connectivity index (χ4v) is 2.76. The summed E-state index contributed by atoms with van der Waals surface area (Å²) in [5.74, 6) is 0.922. The summed E-state index contributed by atoms with van der Waals surface area (Å²) in [7, 11) is 1.99. The van der Waals surface area contributed by atoms with Gasteiger partial charge in [-0.05, 0) is 31.2 Å². The smallest absolute Gasteiger partial charge is 0.187 e. The van der Waals surface area contributed by atoms with Gasteiger partial charge in [-0.15, -0.1) is 0 Å². The number of aryl methyl sites for hydroxylation is 1. The topological polar surface area (TPSA) is 37.8 Å². The van der Waals surface area contributed by atoms with E-state index in [-0.39, 0.29) is 0 Å². The third-order valence-electron chi connectivity index (χ3n) is 2.83. The Labute approximate surface area is 112 Å². The van der Waals surface area contributed by atoms with E-state index < -0.39 is 0 Å². The van der Waals surface area contributed by atoms with Crippen molar-refractivity contribution in [2.75, 3.05) is 12.8 Å². The van der Waals surface area contributed by atoms with Crippen LogP contribution in [0.25, 0.3) is 0 Å². The van der Waals surface area contributed by atoms with Crippen molar-refractivity contribution < 1.29 is 0 Å². The molecule has 1 aromatic carbocycles. The molecule has 0 saturated carbocycles. The van der Waals surface area contributed by atoms with Crippen molar-refractivity contribution in [1.29, 1.82) is 0 Å². The number of hydrogen-bond donors (Lipinski definition) is 1.